The molecule has 172 valence electrons. The smallest absolute Gasteiger partial charge is 0.258 e. The van der Waals surface area contributed by atoms with E-state index in [2.05, 4.69) is 16.5 Å². The van der Waals surface area contributed by atoms with E-state index in [1.54, 1.807) is 35.8 Å². The van der Waals surface area contributed by atoms with Crippen LogP contribution in [0.15, 0.2) is 76.7 Å². The summed E-state index contributed by atoms with van der Waals surface area (Å²) in [7, 11) is 0. The van der Waals surface area contributed by atoms with E-state index in [4.69, 9.17) is 0 Å². The van der Waals surface area contributed by atoms with Gasteiger partial charge >= 0.3 is 0 Å². The van der Waals surface area contributed by atoms with Crippen LogP contribution in [-0.2, 0) is 11.2 Å². The number of hydrazone groups is 1. The third kappa shape index (κ3) is 4.94. The zero-order chi connectivity index (χ0) is 24.1. The summed E-state index contributed by atoms with van der Waals surface area (Å²) >= 11 is 1.64. The van der Waals surface area contributed by atoms with Gasteiger partial charge in [0.1, 0.15) is 5.82 Å². The molecule has 7 heteroatoms. The first-order valence-electron chi connectivity index (χ1n) is 10.8. The van der Waals surface area contributed by atoms with Gasteiger partial charge in [0.15, 0.2) is 6.29 Å². The fourth-order valence-electron chi connectivity index (χ4n) is 3.98. The number of thioether (sulfide) groups is 1. The maximum atomic E-state index is 14.3. The Hall–Kier alpha value is -3.71. The van der Waals surface area contributed by atoms with E-state index in [0.29, 0.717) is 17.5 Å². The number of fused-ring (bicyclic) bond motifs is 1. The van der Waals surface area contributed by atoms with Crippen LogP contribution in [0.1, 0.15) is 33.5 Å². The van der Waals surface area contributed by atoms with E-state index < -0.39 is 11.7 Å². The van der Waals surface area contributed by atoms with Crippen molar-refractivity contribution in [1.29, 1.82) is 0 Å². The van der Waals surface area contributed by atoms with E-state index >= 15 is 0 Å². The average Bonchev–Trinajstić information content (AvgIpc) is 2.84. The van der Waals surface area contributed by atoms with Crippen LogP contribution < -0.4 is 10.3 Å². The van der Waals surface area contributed by atoms with Gasteiger partial charge in [0.25, 0.3) is 5.91 Å². The SMILES string of the molecule is CSc1ccc(N(/N=C/C=O)C2=CCCc3ccc(NC(=O)c4c(C)cccc4F)cc32)cc1. The zero-order valence-corrected chi connectivity index (χ0v) is 19.7. The van der Waals surface area contributed by atoms with Gasteiger partial charge in [-0.3, -0.25) is 9.59 Å². The molecule has 0 heterocycles. The highest BCUT2D eigenvalue weighted by atomic mass is 32.2. The molecule has 1 aliphatic carbocycles. The van der Waals surface area contributed by atoms with Crippen molar-refractivity contribution in [1.82, 2.24) is 0 Å². The molecule has 1 amide bonds. The number of carbonyl (C=O) groups excluding carboxylic acids is 2. The van der Waals surface area contributed by atoms with E-state index in [1.807, 2.05) is 48.7 Å². The zero-order valence-electron chi connectivity index (χ0n) is 18.9. The Morgan fingerprint density at radius 3 is 2.65 bits per heavy atom. The monoisotopic (exact) mass is 473 g/mol. The summed E-state index contributed by atoms with van der Waals surface area (Å²) in [4.78, 5) is 25.0. The van der Waals surface area contributed by atoms with E-state index in [9.17, 15) is 14.0 Å². The van der Waals surface area contributed by atoms with Crippen molar-refractivity contribution in [2.45, 2.75) is 24.7 Å². The Morgan fingerprint density at radius 2 is 1.94 bits per heavy atom. The maximum absolute atomic E-state index is 14.3. The third-order valence-corrected chi connectivity index (χ3v) is 6.38. The molecule has 0 aliphatic heterocycles. The molecule has 34 heavy (non-hydrogen) atoms. The number of hydrogen-bond acceptors (Lipinski definition) is 5. The van der Waals surface area contributed by atoms with Gasteiger partial charge in [-0.05, 0) is 79.6 Å². The van der Waals surface area contributed by atoms with Gasteiger partial charge in [-0.1, -0.05) is 24.3 Å². The van der Waals surface area contributed by atoms with Crippen molar-refractivity contribution < 1.29 is 14.0 Å². The van der Waals surface area contributed by atoms with Crippen LogP contribution in [0.2, 0.25) is 0 Å². The lowest BCUT2D eigenvalue weighted by Gasteiger charge is -2.27. The molecule has 0 radical (unpaired) electrons. The second kappa shape index (κ2) is 10.5. The van der Waals surface area contributed by atoms with Crippen molar-refractivity contribution in [2.24, 2.45) is 5.10 Å². The molecule has 3 aromatic carbocycles. The number of hydrogen-bond donors (Lipinski definition) is 1. The van der Waals surface area contributed by atoms with Gasteiger partial charge in [0.2, 0.25) is 0 Å². The summed E-state index contributed by atoms with van der Waals surface area (Å²) in [5.74, 6) is -1.06. The van der Waals surface area contributed by atoms with Crippen molar-refractivity contribution in [2.75, 3.05) is 16.6 Å². The number of nitrogens with one attached hydrogen (secondary N) is 1. The van der Waals surface area contributed by atoms with Gasteiger partial charge in [0, 0.05) is 16.1 Å². The topological polar surface area (TPSA) is 61.8 Å². The fraction of sp³-hybridized carbons (Fsp3) is 0.148. The van der Waals surface area contributed by atoms with Gasteiger partial charge in [0.05, 0.1) is 23.2 Å². The minimum atomic E-state index is -0.556. The quantitative estimate of drug-likeness (QED) is 0.195. The molecule has 3 aromatic rings. The van der Waals surface area contributed by atoms with Crippen LogP contribution in [0.5, 0.6) is 0 Å². The number of nitrogens with zero attached hydrogens (tertiary/aromatic N) is 2. The summed E-state index contributed by atoms with van der Waals surface area (Å²) in [5.41, 5.74) is 4.77. The largest absolute Gasteiger partial charge is 0.322 e. The van der Waals surface area contributed by atoms with E-state index in [1.165, 1.54) is 12.3 Å². The van der Waals surface area contributed by atoms with Crippen molar-refractivity contribution in [3.63, 3.8) is 0 Å². The molecule has 0 aromatic heterocycles. The fourth-order valence-corrected chi connectivity index (χ4v) is 4.39. The minimum Gasteiger partial charge on any atom is -0.322 e. The van der Waals surface area contributed by atoms with Gasteiger partial charge in [-0.2, -0.15) is 5.10 Å². The lowest BCUT2D eigenvalue weighted by atomic mass is 9.93. The van der Waals surface area contributed by atoms with Crippen LogP contribution in [0.25, 0.3) is 5.70 Å². The summed E-state index contributed by atoms with van der Waals surface area (Å²) in [6.45, 7) is 1.71. The maximum Gasteiger partial charge on any atom is 0.258 e. The number of benzene rings is 3. The molecule has 1 N–H and O–H groups in total. The predicted octanol–water partition coefficient (Wildman–Crippen LogP) is 6.09. The lowest BCUT2D eigenvalue weighted by Crippen LogP contribution is -2.19. The molecule has 0 bridgehead atoms. The molecule has 1 aliphatic rings. The molecule has 0 unspecified atom stereocenters. The second-order valence-electron chi connectivity index (χ2n) is 7.80. The molecule has 0 fully saturated rings. The number of aldehydes is 1. The second-order valence-corrected chi connectivity index (χ2v) is 8.68. The first-order chi connectivity index (χ1) is 16.5. The van der Waals surface area contributed by atoms with Crippen LogP contribution in [0, 0.1) is 12.7 Å². The van der Waals surface area contributed by atoms with Crippen molar-refractivity contribution in [3.05, 3.63) is 94.8 Å². The Balaban J connectivity index is 1.69. The van der Waals surface area contributed by atoms with E-state index in [0.717, 1.165) is 40.2 Å². The number of carbonyl (C=O) groups is 2. The summed E-state index contributed by atoms with van der Waals surface area (Å²) < 4.78 is 14.3. The summed E-state index contributed by atoms with van der Waals surface area (Å²) in [5, 5.41) is 8.93. The Labute approximate surface area is 202 Å². The number of rotatable bonds is 7. The molecular weight excluding hydrogens is 449 g/mol. The average molecular weight is 474 g/mol. The number of halogens is 1. The Bertz CT molecular complexity index is 1270. The molecule has 4 rings (SSSR count). The molecular formula is C27H24FN3O2S. The standard InChI is InChI=1S/C27H24FN3O2S/c1-18-5-3-7-24(28)26(18)27(33)30-20-10-9-19-6-4-8-25(23(19)17-20)31(29-15-16-32)21-11-13-22(34-2)14-12-21/h3,5,7-17H,4,6H2,1-2H3,(H,30,33)/b29-15+. The number of amides is 1. The summed E-state index contributed by atoms with van der Waals surface area (Å²) in [6, 6.07) is 18.1. The first kappa shape index (κ1) is 23.4. The van der Waals surface area contributed by atoms with Crippen LogP contribution in [-0.4, -0.2) is 24.7 Å². The Morgan fingerprint density at radius 1 is 1.15 bits per heavy atom. The highest BCUT2D eigenvalue weighted by Crippen LogP contribution is 2.35. The van der Waals surface area contributed by atoms with E-state index in [-0.39, 0.29) is 5.56 Å². The first-order valence-corrected chi connectivity index (χ1v) is 12.1. The predicted molar refractivity (Wildman–Crippen MR) is 137 cm³/mol. The van der Waals surface area contributed by atoms with Crippen molar-refractivity contribution >= 4 is 47.2 Å². The molecule has 5 nitrogen and oxygen atoms in total. The lowest BCUT2D eigenvalue weighted by molar-refractivity contribution is -0.102. The Kier molecular flexibility index (Phi) is 7.23. The van der Waals surface area contributed by atoms with Crippen LogP contribution >= 0.6 is 11.8 Å². The molecule has 0 saturated carbocycles. The third-order valence-electron chi connectivity index (χ3n) is 5.63. The van der Waals surface area contributed by atoms with Crippen LogP contribution in [0.4, 0.5) is 15.8 Å². The highest BCUT2D eigenvalue weighted by Gasteiger charge is 2.21. The molecule has 0 saturated heterocycles. The number of aryl methyl sites for hydroxylation is 2. The molecule has 0 atom stereocenters. The molecule has 0 spiro atoms. The van der Waals surface area contributed by atoms with Crippen LogP contribution in [0.3, 0.4) is 0 Å². The highest BCUT2D eigenvalue weighted by molar-refractivity contribution is 7.98. The van der Waals surface area contributed by atoms with Gasteiger partial charge in [-0.15, -0.1) is 11.8 Å². The van der Waals surface area contributed by atoms with Gasteiger partial charge in [-0.25, -0.2) is 9.40 Å². The summed E-state index contributed by atoms with van der Waals surface area (Å²) in [6.07, 6.45) is 7.59. The number of anilines is 2. The number of allylic oxidation sites excluding steroid dienone is 1. The van der Waals surface area contributed by atoms with Crippen molar-refractivity contribution in [3.8, 4) is 0 Å². The van der Waals surface area contributed by atoms with Gasteiger partial charge < -0.3 is 5.32 Å². The normalized spacial score (nSPS) is 12.7. The minimum absolute atomic E-state index is 0.0297.